The zero-order valence-corrected chi connectivity index (χ0v) is 23.3. The minimum Gasteiger partial charge on any atom is -0.326 e. The largest absolute Gasteiger partial charge is 0.326 e. The summed E-state index contributed by atoms with van der Waals surface area (Å²) in [5.74, 6) is 0.588. The molecule has 5 heteroatoms. The van der Waals surface area contributed by atoms with Crippen molar-refractivity contribution in [2.24, 2.45) is 5.92 Å². The zero-order valence-electron chi connectivity index (χ0n) is 21.8. The summed E-state index contributed by atoms with van der Waals surface area (Å²) in [7, 11) is 0. The van der Waals surface area contributed by atoms with E-state index in [2.05, 4.69) is 72.6 Å². The number of carbonyl (C=O) groups excluding carboxylic acids is 1. The molecular formula is C31H37ClN2OS. The number of likely N-dealkylation sites (tertiary alicyclic amines) is 1. The highest BCUT2D eigenvalue weighted by Crippen LogP contribution is 2.37. The fourth-order valence-corrected chi connectivity index (χ4v) is 6.01. The predicted octanol–water partition coefficient (Wildman–Crippen LogP) is 8.72. The van der Waals surface area contributed by atoms with E-state index < -0.39 is 0 Å². The molecule has 0 spiro atoms. The Balaban J connectivity index is 1.38. The minimum atomic E-state index is -0.0194. The Morgan fingerprint density at radius 1 is 1.00 bits per heavy atom. The molecule has 0 radical (unpaired) electrons. The minimum absolute atomic E-state index is 0.0194. The molecule has 3 nitrogen and oxygen atoms in total. The molecule has 1 N–H and O–H groups in total. The second-order valence-electron chi connectivity index (χ2n) is 10.1. The summed E-state index contributed by atoms with van der Waals surface area (Å²) in [4.78, 5) is 17.3. The van der Waals surface area contributed by atoms with Crippen molar-refractivity contribution in [2.75, 3.05) is 18.4 Å². The van der Waals surface area contributed by atoms with E-state index in [4.69, 9.17) is 11.6 Å². The third kappa shape index (κ3) is 6.73. The molecule has 3 aromatic rings. The van der Waals surface area contributed by atoms with Crippen molar-refractivity contribution in [3.63, 3.8) is 0 Å². The van der Waals surface area contributed by atoms with Gasteiger partial charge in [-0.25, -0.2) is 0 Å². The van der Waals surface area contributed by atoms with Crippen molar-refractivity contribution in [1.82, 2.24) is 4.90 Å². The Bertz CT molecular complexity index is 1150. The van der Waals surface area contributed by atoms with Gasteiger partial charge in [-0.2, -0.15) is 0 Å². The van der Waals surface area contributed by atoms with Crippen LogP contribution < -0.4 is 5.32 Å². The van der Waals surface area contributed by atoms with Crippen LogP contribution in [0.2, 0.25) is 5.02 Å². The molecule has 36 heavy (non-hydrogen) atoms. The number of carbonyl (C=O) groups is 1. The van der Waals surface area contributed by atoms with Crippen LogP contribution in [0.25, 0.3) is 0 Å². The van der Waals surface area contributed by atoms with Gasteiger partial charge in [0.15, 0.2) is 0 Å². The van der Waals surface area contributed by atoms with Crippen LogP contribution in [0, 0.1) is 12.8 Å². The van der Waals surface area contributed by atoms with Gasteiger partial charge in [-0.15, -0.1) is 0 Å². The van der Waals surface area contributed by atoms with Crippen LogP contribution in [0.5, 0.6) is 0 Å². The second-order valence-corrected chi connectivity index (χ2v) is 11.7. The molecule has 0 aliphatic carbocycles. The Morgan fingerprint density at radius 3 is 2.19 bits per heavy atom. The van der Waals surface area contributed by atoms with Gasteiger partial charge >= 0.3 is 0 Å². The molecule has 0 bridgehead atoms. The number of hydrogen-bond donors (Lipinski definition) is 1. The maximum atomic E-state index is 12.2. The summed E-state index contributed by atoms with van der Waals surface area (Å²) in [5.41, 5.74) is 5.01. The van der Waals surface area contributed by atoms with Crippen LogP contribution in [0.1, 0.15) is 68.7 Å². The van der Waals surface area contributed by atoms with Crippen molar-refractivity contribution < 1.29 is 4.79 Å². The molecule has 3 aromatic carbocycles. The third-order valence-electron chi connectivity index (χ3n) is 7.18. The fraction of sp³-hybridized carbons (Fsp3) is 0.387. The van der Waals surface area contributed by atoms with E-state index >= 15 is 0 Å². The zero-order chi connectivity index (χ0) is 25.7. The lowest BCUT2D eigenvalue weighted by atomic mass is 9.85. The average molecular weight is 521 g/mol. The highest BCUT2D eigenvalue weighted by atomic mass is 35.5. The van der Waals surface area contributed by atoms with Gasteiger partial charge in [0, 0.05) is 32.5 Å². The van der Waals surface area contributed by atoms with E-state index in [1.807, 2.05) is 32.0 Å². The van der Waals surface area contributed by atoms with Gasteiger partial charge < -0.3 is 5.32 Å². The maximum absolute atomic E-state index is 12.2. The topological polar surface area (TPSA) is 32.3 Å². The summed E-state index contributed by atoms with van der Waals surface area (Å²) in [6.07, 6.45) is 3.39. The van der Waals surface area contributed by atoms with Gasteiger partial charge in [-0.05, 0) is 110 Å². The quantitative estimate of drug-likeness (QED) is 0.322. The number of anilines is 1. The lowest BCUT2D eigenvalue weighted by Gasteiger charge is -2.38. The first-order valence-corrected chi connectivity index (χ1v) is 14.2. The second kappa shape index (κ2) is 12.3. The summed E-state index contributed by atoms with van der Waals surface area (Å²) in [5, 5.41) is 3.84. The fourth-order valence-electron chi connectivity index (χ4n) is 5.07. The monoisotopic (exact) mass is 520 g/mol. The molecule has 1 amide bonds. The Morgan fingerprint density at radius 2 is 1.61 bits per heavy atom. The standard InChI is InChI=1S/C31H37ClN2OS/c1-5-30(24-7-12-27(13-8-24)36-28-14-9-25(32)10-15-28)34-18-16-23(17-19-34)29-20-26(11-6-22(29)4)33-31(35)21(2)3/h6-15,20-21,23,30H,5,16-19H2,1-4H3,(H,33,35). The molecule has 1 unspecified atom stereocenters. The van der Waals surface area contributed by atoms with Gasteiger partial charge in [0.2, 0.25) is 5.91 Å². The molecule has 190 valence electrons. The molecule has 4 rings (SSSR count). The molecule has 1 atom stereocenters. The number of piperidine rings is 1. The van der Waals surface area contributed by atoms with E-state index in [0.717, 1.165) is 43.1 Å². The maximum Gasteiger partial charge on any atom is 0.226 e. The van der Waals surface area contributed by atoms with Crippen molar-refractivity contribution in [3.05, 3.63) is 88.4 Å². The smallest absolute Gasteiger partial charge is 0.226 e. The van der Waals surface area contributed by atoms with Crippen molar-refractivity contribution in [2.45, 2.75) is 68.7 Å². The van der Waals surface area contributed by atoms with Gasteiger partial charge in [0.05, 0.1) is 0 Å². The normalized spacial score (nSPS) is 15.7. The van der Waals surface area contributed by atoms with Crippen LogP contribution in [0.15, 0.2) is 76.5 Å². The molecule has 1 fully saturated rings. The Kier molecular flexibility index (Phi) is 9.16. The van der Waals surface area contributed by atoms with Crippen LogP contribution in [0.4, 0.5) is 5.69 Å². The average Bonchev–Trinajstić information content (AvgIpc) is 2.88. The molecule has 1 heterocycles. The van der Waals surface area contributed by atoms with Crippen molar-refractivity contribution in [3.8, 4) is 0 Å². The van der Waals surface area contributed by atoms with Gasteiger partial charge in [0.1, 0.15) is 0 Å². The lowest BCUT2D eigenvalue weighted by Crippen LogP contribution is -2.36. The number of nitrogens with one attached hydrogen (secondary N) is 1. The SMILES string of the molecule is CCC(c1ccc(Sc2ccc(Cl)cc2)cc1)N1CCC(c2cc(NC(=O)C(C)C)ccc2C)CC1. The van der Waals surface area contributed by atoms with Crippen LogP contribution in [-0.4, -0.2) is 23.9 Å². The highest BCUT2D eigenvalue weighted by Gasteiger charge is 2.27. The number of nitrogens with zero attached hydrogens (tertiary/aromatic N) is 1. The lowest BCUT2D eigenvalue weighted by molar-refractivity contribution is -0.118. The van der Waals surface area contributed by atoms with Gasteiger partial charge in [0.25, 0.3) is 0 Å². The highest BCUT2D eigenvalue weighted by molar-refractivity contribution is 7.99. The van der Waals surface area contributed by atoms with Crippen molar-refractivity contribution in [1.29, 1.82) is 0 Å². The number of hydrogen-bond acceptors (Lipinski definition) is 3. The van der Waals surface area contributed by atoms with Crippen molar-refractivity contribution >= 4 is 35.0 Å². The molecular weight excluding hydrogens is 484 g/mol. The summed E-state index contributed by atoms with van der Waals surface area (Å²) in [6, 6.07) is 23.9. The van der Waals surface area contributed by atoms with Gasteiger partial charge in [-0.1, -0.05) is 62.3 Å². The van der Waals surface area contributed by atoms with Crippen LogP contribution in [0.3, 0.4) is 0 Å². The Labute approximate surface area is 225 Å². The first-order valence-electron chi connectivity index (χ1n) is 13.0. The van der Waals surface area contributed by atoms with E-state index in [-0.39, 0.29) is 11.8 Å². The van der Waals surface area contributed by atoms with E-state index in [0.29, 0.717) is 12.0 Å². The molecule has 0 saturated carbocycles. The molecule has 1 saturated heterocycles. The van der Waals surface area contributed by atoms with Crippen LogP contribution in [-0.2, 0) is 4.79 Å². The van der Waals surface area contributed by atoms with E-state index in [1.54, 1.807) is 11.8 Å². The molecule has 1 aliphatic heterocycles. The first-order chi connectivity index (χ1) is 17.3. The van der Waals surface area contributed by atoms with Crippen LogP contribution >= 0.6 is 23.4 Å². The summed E-state index contributed by atoms with van der Waals surface area (Å²) < 4.78 is 0. The summed E-state index contributed by atoms with van der Waals surface area (Å²) in [6.45, 7) is 10.5. The number of halogens is 1. The number of amides is 1. The number of rotatable bonds is 8. The Hall–Kier alpha value is -2.27. The number of aryl methyl sites for hydroxylation is 1. The molecule has 0 aromatic heterocycles. The third-order valence-corrected chi connectivity index (χ3v) is 8.45. The van der Waals surface area contributed by atoms with E-state index in [1.165, 1.54) is 26.5 Å². The van der Waals surface area contributed by atoms with Gasteiger partial charge in [-0.3, -0.25) is 9.69 Å². The first kappa shape index (κ1) is 26.8. The summed E-state index contributed by atoms with van der Waals surface area (Å²) >= 11 is 7.78. The number of benzene rings is 3. The van der Waals surface area contributed by atoms with E-state index in [9.17, 15) is 4.79 Å². The molecule has 1 aliphatic rings. The predicted molar refractivity (Wildman–Crippen MR) is 153 cm³/mol.